The number of hydrogen-bond acceptors (Lipinski definition) is 5. The van der Waals surface area contributed by atoms with Crippen molar-refractivity contribution in [1.82, 2.24) is 15.2 Å². The van der Waals surface area contributed by atoms with Crippen LogP contribution in [0.2, 0.25) is 0 Å². The molecule has 1 aliphatic heterocycles. The summed E-state index contributed by atoms with van der Waals surface area (Å²) in [6.07, 6.45) is 5.45. The number of amides is 3. The van der Waals surface area contributed by atoms with Crippen molar-refractivity contribution >= 4 is 17.7 Å². The van der Waals surface area contributed by atoms with Crippen LogP contribution in [-0.4, -0.2) is 40.2 Å². The number of benzene rings is 1. The molecule has 7 nitrogen and oxygen atoms in total. The van der Waals surface area contributed by atoms with Crippen LogP contribution < -0.4 is 11.1 Å². The van der Waals surface area contributed by atoms with E-state index in [0.29, 0.717) is 23.6 Å². The smallest absolute Gasteiger partial charge is 0.261 e. The normalized spacial score (nSPS) is 17.0. The minimum atomic E-state index is -0.392. The number of hydrogen-bond donors (Lipinski definition) is 2. The first-order valence-corrected chi connectivity index (χ1v) is 8.97. The van der Waals surface area contributed by atoms with Gasteiger partial charge in [-0.05, 0) is 54.7 Å². The van der Waals surface area contributed by atoms with Crippen LogP contribution in [0.1, 0.15) is 49.5 Å². The lowest BCUT2D eigenvalue weighted by molar-refractivity contribution is 0.0642. The Morgan fingerprint density at radius 1 is 1.15 bits per heavy atom. The van der Waals surface area contributed by atoms with Gasteiger partial charge in [-0.2, -0.15) is 0 Å². The van der Waals surface area contributed by atoms with Crippen molar-refractivity contribution in [3.63, 3.8) is 0 Å². The number of nitrogens with two attached hydrogens (primary N) is 1. The number of nitrogens with zero attached hydrogens (tertiary/aromatic N) is 2. The molecule has 1 saturated carbocycles. The Labute approximate surface area is 156 Å². The van der Waals surface area contributed by atoms with Gasteiger partial charge in [0.05, 0.1) is 17.7 Å². The van der Waals surface area contributed by atoms with Gasteiger partial charge in [0.2, 0.25) is 0 Å². The van der Waals surface area contributed by atoms with Crippen LogP contribution in [0.25, 0.3) is 0 Å². The van der Waals surface area contributed by atoms with Gasteiger partial charge in [0.15, 0.2) is 0 Å². The van der Waals surface area contributed by atoms with E-state index in [4.69, 9.17) is 5.73 Å². The predicted octanol–water partition coefficient (Wildman–Crippen LogP) is 1.34. The number of rotatable bonds is 6. The van der Waals surface area contributed by atoms with E-state index in [1.54, 1.807) is 30.6 Å². The molecule has 0 bridgehead atoms. The van der Waals surface area contributed by atoms with Gasteiger partial charge in [-0.3, -0.25) is 24.3 Å². The quantitative estimate of drug-likeness (QED) is 0.753. The molecule has 2 aliphatic rings. The lowest BCUT2D eigenvalue weighted by atomic mass is 10.1. The summed E-state index contributed by atoms with van der Waals surface area (Å²) in [4.78, 5) is 42.7. The van der Waals surface area contributed by atoms with Gasteiger partial charge in [0.25, 0.3) is 17.7 Å². The van der Waals surface area contributed by atoms with Crippen LogP contribution in [0.3, 0.4) is 0 Å². The summed E-state index contributed by atoms with van der Waals surface area (Å²) in [5.74, 6) is -0.543. The van der Waals surface area contributed by atoms with Gasteiger partial charge in [0, 0.05) is 30.5 Å². The van der Waals surface area contributed by atoms with Gasteiger partial charge in [0.1, 0.15) is 0 Å². The summed E-state index contributed by atoms with van der Waals surface area (Å²) in [6, 6.07) is 8.06. The molecule has 0 spiro atoms. The average molecular weight is 364 g/mol. The summed E-state index contributed by atoms with van der Waals surface area (Å²) < 4.78 is 0. The first-order valence-electron chi connectivity index (χ1n) is 8.97. The minimum absolute atomic E-state index is 0.0394. The van der Waals surface area contributed by atoms with E-state index < -0.39 is 5.91 Å². The maximum absolute atomic E-state index is 12.7. The van der Waals surface area contributed by atoms with Crippen molar-refractivity contribution in [2.75, 3.05) is 6.54 Å². The molecule has 138 valence electrons. The summed E-state index contributed by atoms with van der Waals surface area (Å²) >= 11 is 0. The highest BCUT2D eigenvalue weighted by Crippen LogP contribution is 2.31. The van der Waals surface area contributed by atoms with Gasteiger partial charge in [-0.15, -0.1) is 0 Å². The largest absolute Gasteiger partial charge is 0.350 e. The third kappa shape index (κ3) is 3.46. The van der Waals surface area contributed by atoms with Gasteiger partial charge in [-0.25, -0.2) is 0 Å². The zero-order chi connectivity index (χ0) is 19.0. The highest BCUT2D eigenvalue weighted by Gasteiger charge is 2.36. The zero-order valence-corrected chi connectivity index (χ0v) is 14.7. The second-order valence-corrected chi connectivity index (χ2v) is 7.02. The second kappa shape index (κ2) is 6.92. The van der Waals surface area contributed by atoms with Crippen molar-refractivity contribution < 1.29 is 14.4 Å². The molecule has 7 heteroatoms. The van der Waals surface area contributed by atoms with Crippen molar-refractivity contribution in [3.8, 4) is 0 Å². The number of nitrogens with one attached hydrogen (secondary N) is 1. The summed E-state index contributed by atoms with van der Waals surface area (Å²) in [5, 5.41) is 2.81. The number of aromatic nitrogens is 1. The summed E-state index contributed by atoms with van der Waals surface area (Å²) in [7, 11) is 0. The van der Waals surface area contributed by atoms with Gasteiger partial charge >= 0.3 is 0 Å². The molecule has 1 aliphatic carbocycles. The van der Waals surface area contributed by atoms with Crippen molar-refractivity contribution in [2.24, 2.45) is 11.7 Å². The van der Waals surface area contributed by atoms with Crippen LogP contribution in [0.4, 0.5) is 0 Å². The van der Waals surface area contributed by atoms with Crippen LogP contribution in [0, 0.1) is 5.92 Å². The topological polar surface area (TPSA) is 105 Å². The fraction of sp³-hybridized carbons (Fsp3) is 0.300. The number of carbonyl (C=O) groups is 3. The van der Waals surface area contributed by atoms with Gasteiger partial charge in [-0.1, -0.05) is 0 Å². The molecule has 2 aromatic rings. The molecule has 1 aromatic carbocycles. The molecule has 3 N–H and O–H groups in total. The molecule has 1 fully saturated rings. The van der Waals surface area contributed by atoms with E-state index in [9.17, 15) is 14.4 Å². The molecular formula is C20H20N4O3. The number of carbonyl (C=O) groups excluding carboxylic acids is 3. The van der Waals surface area contributed by atoms with E-state index in [0.717, 1.165) is 18.4 Å². The Balaban J connectivity index is 1.49. The summed E-state index contributed by atoms with van der Waals surface area (Å²) in [5.41, 5.74) is 7.74. The molecule has 27 heavy (non-hydrogen) atoms. The molecular weight excluding hydrogens is 344 g/mol. The molecule has 0 radical (unpaired) electrons. The number of imide groups is 1. The molecule has 4 rings (SSSR count). The molecule has 3 amide bonds. The number of fused-ring (bicyclic) bond motifs is 1. The third-order valence-electron chi connectivity index (χ3n) is 5.05. The fourth-order valence-corrected chi connectivity index (χ4v) is 3.25. The van der Waals surface area contributed by atoms with Crippen molar-refractivity contribution in [3.05, 3.63) is 65.0 Å². The lowest BCUT2D eigenvalue weighted by Gasteiger charge is -2.13. The molecule has 2 heterocycles. The Hall–Kier alpha value is -3.06. The van der Waals surface area contributed by atoms with E-state index in [1.165, 1.54) is 17.0 Å². The average Bonchev–Trinajstić information content (AvgIpc) is 3.51. The first kappa shape index (κ1) is 17.4. The maximum Gasteiger partial charge on any atom is 0.261 e. The highest BCUT2D eigenvalue weighted by molar-refractivity contribution is 6.22. The van der Waals surface area contributed by atoms with Crippen LogP contribution in [0.5, 0.6) is 0 Å². The Morgan fingerprint density at radius 3 is 2.56 bits per heavy atom. The van der Waals surface area contributed by atoms with Crippen LogP contribution >= 0.6 is 0 Å². The third-order valence-corrected chi connectivity index (χ3v) is 5.05. The Kier molecular flexibility index (Phi) is 4.45. The predicted molar refractivity (Wildman–Crippen MR) is 97.9 cm³/mol. The Bertz CT molecular complexity index is 909. The molecule has 1 aromatic heterocycles. The molecule has 0 saturated heterocycles. The van der Waals surface area contributed by atoms with Crippen molar-refractivity contribution in [1.29, 1.82) is 0 Å². The van der Waals surface area contributed by atoms with Crippen LogP contribution in [0.15, 0.2) is 42.7 Å². The van der Waals surface area contributed by atoms with E-state index >= 15 is 0 Å². The minimum Gasteiger partial charge on any atom is -0.350 e. The maximum atomic E-state index is 12.7. The Morgan fingerprint density at radius 2 is 1.85 bits per heavy atom. The van der Waals surface area contributed by atoms with E-state index in [1.807, 2.05) is 0 Å². The van der Waals surface area contributed by atoms with E-state index in [-0.39, 0.29) is 30.0 Å². The number of pyridine rings is 1. The molecule has 1 unspecified atom stereocenters. The van der Waals surface area contributed by atoms with E-state index in [2.05, 4.69) is 10.3 Å². The van der Waals surface area contributed by atoms with Crippen LogP contribution in [-0.2, 0) is 6.54 Å². The monoisotopic (exact) mass is 364 g/mol. The zero-order valence-electron chi connectivity index (χ0n) is 14.7. The SMILES string of the molecule is NC(CNC(=O)c1ccc2c(c1)C(=O)N(Cc1ccncc1)C2=O)C1CC1. The lowest BCUT2D eigenvalue weighted by Crippen LogP contribution is -2.38. The van der Waals surface area contributed by atoms with Gasteiger partial charge < -0.3 is 11.1 Å². The second-order valence-electron chi connectivity index (χ2n) is 7.02. The summed E-state index contributed by atoms with van der Waals surface area (Å²) in [6.45, 7) is 0.578. The molecule has 1 atom stereocenters. The van der Waals surface area contributed by atoms with Crippen molar-refractivity contribution in [2.45, 2.75) is 25.4 Å². The highest BCUT2D eigenvalue weighted by atomic mass is 16.2. The fourth-order valence-electron chi connectivity index (χ4n) is 3.25. The first-order chi connectivity index (χ1) is 13.0. The standard InChI is InChI=1S/C20H20N4O3/c21-17(13-1-2-13)10-23-18(25)14-3-4-15-16(9-14)20(27)24(19(15)26)11-12-5-7-22-8-6-12/h3-9,13,17H,1-2,10-11,21H2,(H,23,25).